The van der Waals surface area contributed by atoms with Gasteiger partial charge in [0.05, 0.1) is 9.73 Å². The van der Waals surface area contributed by atoms with Crippen molar-refractivity contribution < 1.29 is 13.4 Å². The molecule has 1 fully saturated rings. The van der Waals surface area contributed by atoms with E-state index in [9.17, 15) is 13.4 Å². The molecule has 0 atom stereocenters. The molecule has 1 N–H and O–H groups in total. The first-order chi connectivity index (χ1) is 8.48. The van der Waals surface area contributed by atoms with Crippen molar-refractivity contribution in [3.05, 3.63) is 29.6 Å². The minimum atomic E-state index is -2.35. The number of anilines is 1. The Hall–Kier alpha value is -1.43. The van der Waals surface area contributed by atoms with Gasteiger partial charge in [-0.2, -0.15) is 0 Å². The Kier molecular flexibility index (Phi) is 3.65. The van der Waals surface area contributed by atoms with Crippen LogP contribution in [0.3, 0.4) is 0 Å². The number of aryl methyl sites for hydroxylation is 1. The second-order valence-electron chi connectivity index (χ2n) is 4.37. The summed E-state index contributed by atoms with van der Waals surface area (Å²) in [6.07, 6.45) is 1.70. The molecule has 0 spiro atoms. The van der Waals surface area contributed by atoms with Crippen LogP contribution < -0.4 is 5.32 Å². The molecule has 0 aromatic heterocycles. The molecule has 1 heterocycles. The number of carbonyl (C=O) groups excluding carboxylic acids is 1. The Labute approximate surface area is 106 Å². The molecular weight excluding hydrogens is 255 g/mol. The first-order valence-corrected chi connectivity index (χ1v) is 7.63. The summed E-state index contributed by atoms with van der Waals surface area (Å²) < 4.78 is 28.8. The smallest absolute Gasteiger partial charge is 0.306 e. The van der Waals surface area contributed by atoms with E-state index in [1.54, 1.807) is 6.92 Å². The fraction of sp³-hybridized carbons (Fsp3) is 0.417. The van der Waals surface area contributed by atoms with Crippen molar-refractivity contribution >= 4 is 21.4 Å². The SMILES string of the molecule is Cc1cc(NC(=O)N=S2(=O)CCCC2)ccc1F. The Morgan fingerprint density at radius 2 is 2.06 bits per heavy atom. The van der Waals surface area contributed by atoms with Gasteiger partial charge in [-0.3, -0.25) is 0 Å². The maximum atomic E-state index is 13.0. The standard InChI is InChI=1S/C12H15FN2O2S/c1-9-8-10(4-5-11(9)13)14-12(16)15-18(17)6-2-3-7-18/h4-5,8H,2-3,6-7H2,1H3,(H,14,16). The maximum absolute atomic E-state index is 13.0. The Morgan fingerprint density at radius 3 is 2.67 bits per heavy atom. The third-order valence-corrected chi connectivity index (χ3v) is 5.19. The van der Waals surface area contributed by atoms with Gasteiger partial charge in [-0.05, 0) is 43.5 Å². The van der Waals surface area contributed by atoms with Crippen molar-refractivity contribution in [2.75, 3.05) is 16.8 Å². The summed E-state index contributed by atoms with van der Waals surface area (Å²) in [6, 6.07) is 3.63. The molecule has 2 amide bonds. The number of benzene rings is 1. The number of hydrogen-bond acceptors (Lipinski definition) is 2. The highest BCUT2D eigenvalue weighted by atomic mass is 32.2. The highest BCUT2D eigenvalue weighted by Gasteiger charge is 2.18. The summed E-state index contributed by atoms with van der Waals surface area (Å²) >= 11 is 0. The molecule has 0 aliphatic carbocycles. The largest absolute Gasteiger partial charge is 0.353 e. The van der Waals surface area contributed by atoms with Gasteiger partial charge in [-0.25, -0.2) is 13.4 Å². The predicted octanol–water partition coefficient (Wildman–Crippen LogP) is 2.93. The minimum Gasteiger partial charge on any atom is -0.306 e. The van der Waals surface area contributed by atoms with Crippen molar-refractivity contribution in [3.63, 3.8) is 0 Å². The number of nitrogens with one attached hydrogen (secondary N) is 1. The molecule has 1 aliphatic heterocycles. The molecular formula is C12H15FN2O2S. The number of rotatable bonds is 1. The molecule has 0 radical (unpaired) electrons. The molecule has 1 aromatic rings. The summed E-state index contributed by atoms with van der Waals surface area (Å²) in [4.78, 5) is 11.6. The molecule has 1 aliphatic rings. The highest BCUT2D eigenvalue weighted by Crippen LogP contribution is 2.16. The van der Waals surface area contributed by atoms with Gasteiger partial charge in [-0.1, -0.05) is 0 Å². The van der Waals surface area contributed by atoms with Gasteiger partial charge < -0.3 is 5.32 Å². The first-order valence-electron chi connectivity index (χ1n) is 5.78. The Morgan fingerprint density at radius 1 is 1.39 bits per heavy atom. The van der Waals surface area contributed by atoms with Gasteiger partial charge in [-0.15, -0.1) is 4.36 Å². The van der Waals surface area contributed by atoms with Crippen LogP contribution in [0.25, 0.3) is 0 Å². The number of nitrogens with zero attached hydrogens (tertiary/aromatic N) is 1. The number of hydrogen-bond donors (Lipinski definition) is 1. The van der Waals surface area contributed by atoms with Crippen LogP contribution in [0.5, 0.6) is 0 Å². The second-order valence-corrected chi connectivity index (χ2v) is 6.92. The van der Waals surface area contributed by atoms with Gasteiger partial charge in [0.2, 0.25) is 0 Å². The lowest BCUT2D eigenvalue weighted by atomic mass is 10.2. The normalized spacial score (nSPS) is 17.4. The summed E-state index contributed by atoms with van der Waals surface area (Å²) in [5, 5.41) is 2.51. The van der Waals surface area contributed by atoms with E-state index in [-0.39, 0.29) is 5.82 Å². The maximum Gasteiger partial charge on any atom is 0.353 e. The molecule has 1 saturated heterocycles. The number of carbonyl (C=O) groups is 1. The molecule has 2 rings (SSSR count). The van der Waals surface area contributed by atoms with E-state index < -0.39 is 15.8 Å². The van der Waals surface area contributed by atoms with Crippen LogP contribution >= 0.6 is 0 Å². The lowest BCUT2D eigenvalue weighted by molar-refractivity contribution is 0.260. The van der Waals surface area contributed by atoms with Gasteiger partial charge in [0, 0.05) is 17.2 Å². The third kappa shape index (κ3) is 3.07. The number of urea groups is 1. The molecule has 0 unspecified atom stereocenters. The van der Waals surface area contributed by atoms with E-state index in [0.717, 1.165) is 12.8 Å². The van der Waals surface area contributed by atoms with Gasteiger partial charge >= 0.3 is 6.03 Å². The molecule has 1 aromatic carbocycles. The zero-order valence-electron chi connectivity index (χ0n) is 10.1. The van der Waals surface area contributed by atoms with Gasteiger partial charge in [0.25, 0.3) is 0 Å². The first kappa shape index (κ1) is 13.0. The molecule has 98 valence electrons. The van der Waals surface area contributed by atoms with Gasteiger partial charge in [0.1, 0.15) is 5.82 Å². The zero-order valence-corrected chi connectivity index (χ0v) is 10.9. The average molecular weight is 270 g/mol. The lowest BCUT2D eigenvalue weighted by Crippen LogP contribution is -2.12. The Balaban J connectivity index is 2.12. The molecule has 18 heavy (non-hydrogen) atoms. The zero-order chi connectivity index (χ0) is 13.2. The molecule has 0 saturated carbocycles. The Bertz CT molecular complexity index is 580. The van der Waals surface area contributed by atoms with Crippen LogP contribution in [0.2, 0.25) is 0 Å². The van der Waals surface area contributed by atoms with Crippen LogP contribution in [0.4, 0.5) is 14.9 Å². The van der Waals surface area contributed by atoms with Crippen molar-refractivity contribution in [3.8, 4) is 0 Å². The second kappa shape index (κ2) is 5.06. The fourth-order valence-corrected chi connectivity index (χ4v) is 3.91. The third-order valence-electron chi connectivity index (χ3n) is 2.84. The van der Waals surface area contributed by atoms with E-state index in [1.807, 2.05) is 0 Å². The summed E-state index contributed by atoms with van der Waals surface area (Å²) in [7, 11) is -2.35. The van der Waals surface area contributed by atoms with E-state index in [2.05, 4.69) is 9.68 Å². The number of amides is 2. The summed E-state index contributed by atoms with van der Waals surface area (Å²) in [5.41, 5.74) is 0.904. The number of halogens is 1. The lowest BCUT2D eigenvalue weighted by Gasteiger charge is -2.04. The van der Waals surface area contributed by atoms with E-state index in [4.69, 9.17) is 0 Å². The average Bonchev–Trinajstić information content (AvgIpc) is 2.70. The van der Waals surface area contributed by atoms with Crippen molar-refractivity contribution in [2.24, 2.45) is 4.36 Å². The quantitative estimate of drug-likeness (QED) is 0.853. The summed E-state index contributed by atoms with van der Waals surface area (Å²) in [5.74, 6) is 0.651. The molecule has 0 bridgehead atoms. The molecule has 6 heteroatoms. The summed E-state index contributed by atoms with van der Waals surface area (Å²) in [6.45, 7) is 1.61. The predicted molar refractivity (Wildman–Crippen MR) is 69.7 cm³/mol. The van der Waals surface area contributed by atoms with E-state index in [1.165, 1.54) is 18.2 Å². The van der Waals surface area contributed by atoms with Crippen molar-refractivity contribution in [1.82, 2.24) is 0 Å². The van der Waals surface area contributed by atoms with E-state index in [0.29, 0.717) is 22.8 Å². The molecule has 4 nitrogen and oxygen atoms in total. The fourth-order valence-electron chi connectivity index (χ4n) is 1.87. The van der Waals surface area contributed by atoms with Crippen molar-refractivity contribution in [1.29, 1.82) is 0 Å². The van der Waals surface area contributed by atoms with Crippen LogP contribution in [-0.2, 0) is 9.73 Å². The van der Waals surface area contributed by atoms with Crippen LogP contribution in [0.1, 0.15) is 18.4 Å². The van der Waals surface area contributed by atoms with E-state index >= 15 is 0 Å². The highest BCUT2D eigenvalue weighted by molar-refractivity contribution is 7.94. The van der Waals surface area contributed by atoms with Crippen molar-refractivity contribution in [2.45, 2.75) is 19.8 Å². The van der Waals surface area contributed by atoms with Crippen LogP contribution in [0.15, 0.2) is 22.6 Å². The van der Waals surface area contributed by atoms with Gasteiger partial charge in [0.15, 0.2) is 0 Å². The topological polar surface area (TPSA) is 58.5 Å². The minimum absolute atomic E-state index is 0.327. The van der Waals surface area contributed by atoms with Crippen LogP contribution in [0, 0.1) is 12.7 Å². The monoisotopic (exact) mass is 270 g/mol. The van der Waals surface area contributed by atoms with Crippen LogP contribution in [-0.4, -0.2) is 21.7 Å².